The lowest BCUT2D eigenvalue weighted by Crippen LogP contribution is -2.28. The number of anilines is 1. The second-order valence-corrected chi connectivity index (χ2v) is 6.75. The summed E-state index contributed by atoms with van der Waals surface area (Å²) in [6.45, 7) is -0.0671. The number of aromatic nitrogens is 1. The average Bonchev–Trinajstić information content (AvgIpc) is 3.29. The molecule has 8 heteroatoms. The highest BCUT2D eigenvalue weighted by atomic mass is 32.1. The van der Waals surface area contributed by atoms with Gasteiger partial charge >= 0.3 is 5.97 Å². The van der Waals surface area contributed by atoms with Crippen molar-refractivity contribution in [2.45, 2.75) is 18.9 Å². The maximum atomic E-state index is 13.4. The van der Waals surface area contributed by atoms with E-state index in [2.05, 4.69) is 10.5 Å². The number of esters is 1. The number of hydrogen-bond donors (Lipinski definition) is 1. The van der Waals surface area contributed by atoms with Gasteiger partial charge in [0.1, 0.15) is 18.1 Å². The van der Waals surface area contributed by atoms with Gasteiger partial charge in [-0.2, -0.15) is 0 Å². The number of carbonyl (C=O) groups excluding carboxylic acids is 2. The summed E-state index contributed by atoms with van der Waals surface area (Å²) in [6.07, 6.45) is -0.0449. The maximum Gasteiger partial charge on any atom is 0.314 e. The molecule has 1 aliphatic heterocycles. The second kappa shape index (κ2) is 6.72. The van der Waals surface area contributed by atoms with Crippen molar-refractivity contribution >= 4 is 28.9 Å². The van der Waals surface area contributed by atoms with Crippen LogP contribution in [0.5, 0.6) is 0 Å². The van der Waals surface area contributed by atoms with E-state index in [1.54, 1.807) is 6.07 Å². The molecule has 0 saturated heterocycles. The van der Waals surface area contributed by atoms with E-state index in [9.17, 15) is 14.0 Å². The molecule has 0 radical (unpaired) electrons. The van der Waals surface area contributed by atoms with Crippen molar-refractivity contribution < 1.29 is 23.2 Å². The highest BCUT2D eigenvalue weighted by Gasteiger charge is 2.32. The number of rotatable bonds is 4. The Kier molecular flexibility index (Phi) is 4.26. The van der Waals surface area contributed by atoms with Crippen molar-refractivity contribution in [3.63, 3.8) is 0 Å². The van der Waals surface area contributed by atoms with Gasteiger partial charge in [0, 0.05) is 18.2 Å². The Morgan fingerprint density at radius 1 is 1.38 bits per heavy atom. The lowest BCUT2D eigenvalue weighted by atomic mass is 9.90. The van der Waals surface area contributed by atoms with Gasteiger partial charge in [-0.05, 0) is 29.1 Å². The van der Waals surface area contributed by atoms with Crippen LogP contribution >= 0.6 is 11.3 Å². The van der Waals surface area contributed by atoms with Crippen LogP contribution in [-0.4, -0.2) is 17.0 Å². The van der Waals surface area contributed by atoms with Crippen molar-refractivity contribution in [3.8, 4) is 10.6 Å². The Morgan fingerprint density at radius 2 is 2.27 bits per heavy atom. The largest absolute Gasteiger partial charge is 0.459 e. The molecule has 2 aromatic heterocycles. The zero-order chi connectivity index (χ0) is 18.1. The van der Waals surface area contributed by atoms with Gasteiger partial charge in [-0.25, -0.2) is 4.39 Å². The average molecular weight is 372 g/mol. The molecule has 4 rings (SSSR count). The molecule has 1 atom stereocenters. The third-order valence-electron chi connectivity index (χ3n) is 4.02. The van der Waals surface area contributed by atoms with E-state index < -0.39 is 17.7 Å². The van der Waals surface area contributed by atoms with E-state index in [-0.39, 0.29) is 18.9 Å². The van der Waals surface area contributed by atoms with Crippen molar-refractivity contribution in [2.24, 2.45) is 0 Å². The Labute approximate surface area is 151 Å². The van der Waals surface area contributed by atoms with Crippen LogP contribution in [0.2, 0.25) is 0 Å². The van der Waals surface area contributed by atoms with Gasteiger partial charge in [-0.15, -0.1) is 11.3 Å². The van der Waals surface area contributed by atoms with Crippen LogP contribution in [0.15, 0.2) is 46.3 Å². The number of benzene rings is 1. The minimum absolute atomic E-state index is 0.0449. The summed E-state index contributed by atoms with van der Waals surface area (Å²) in [5.41, 5.74) is 1.31. The highest BCUT2D eigenvalue weighted by Crippen LogP contribution is 2.34. The molecule has 1 amide bonds. The van der Waals surface area contributed by atoms with Gasteiger partial charge in [-0.1, -0.05) is 17.3 Å². The molecule has 0 unspecified atom stereocenters. The molecule has 0 aliphatic carbocycles. The molecular weight excluding hydrogens is 359 g/mol. The Bertz CT molecular complexity index is 967. The van der Waals surface area contributed by atoms with E-state index in [1.807, 2.05) is 17.5 Å². The van der Waals surface area contributed by atoms with E-state index in [1.165, 1.54) is 29.5 Å². The summed E-state index contributed by atoms with van der Waals surface area (Å²) in [6, 6.07) is 9.43. The molecule has 1 aromatic carbocycles. The first kappa shape index (κ1) is 16.5. The van der Waals surface area contributed by atoms with Crippen LogP contribution in [0, 0.1) is 5.82 Å². The van der Waals surface area contributed by atoms with Crippen LogP contribution in [0.1, 0.15) is 23.6 Å². The minimum atomic E-state index is -0.775. The van der Waals surface area contributed by atoms with Gasteiger partial charge in [0.25, 0.3) is 0 Å². The Balaban J connectivity index is 1.46. The summed E-state index contributed by atoms with van der Waals surface area (Å²) < 4.78 is 23.9. The Hall–Kier alpha value is -3.00. The zero-order valence-electron chi connectivity index (χ0n) is 13.4. The number of halogens is 1. The molecule has 0 fully saturated rings. The fourth-order valence-electron chi connectivity index (χ4n) is 2.81. The lowest BCUT2D eigenvalue weighted by Gasteiger charge is -2.24. The number of nitrogens with one attached hydrogen (secondary N) is 1. The first-order chi connectivity index (χ1) is 12.6. The molecule has 3 heterocycles. The third-order valence-corrected chi connectivity index (χ3v) is 4.91. The van der Waals surface area contributed by atoms with Crippen molar-refractivity contribution in [1.29, 1.82) is 0 Å². The first-order valence-corrected chi connectivity index (χ1v) is 8.73. The van der Waals surface area contributed by atoms with E-state index in [0.29, 0.717) is 22.7 Å². The van der Waals surface area contributed by atoms with E-state index in [4.69, 9.17) is 9.26 Å². The van der Waals surface area contributed by atoms with Gasteiger partial charge in [-0.3, -0.25) is 9.59 Å². The SMILES string of the molecule is O=C1C[C@H](C(=O)OCc2cc(-c3cccs3)on2)c2ccc(F)cc2N1. The second-order valence-electron chi connectivity index (χ2n) is 5.80. The summed E-state index contributed by atoms with van der Waals surface area (Å²) in [4.78, 5) is 25.2. The summed E-state index contributed by atoms with van der Waals surface area (Å²) in [7, 11) is 0. The first-order valence-electron chi connectivity index (χ1n) is 7.85. The number of thiophene rings is 1. The standard InChI is InChI=1S/C18H13FN2O4S/c19-10-3-4-12-13(8-17(22)20-14(12)6-10)18(23)24-9-11-7-15(25-21-11)16-2-1-5-26-16/h1-7,13H,8-9H2,(H,20,22)/t13-/m0/s1. The number of amides is 1. The number of nitrogens with zero attached hydrogens (tertiary/aromatic N) is 1. The molecule has 0 spiro atoms. The van der Waals surface area contributed by atoms with Gasteiger partial charge in [0.15, 0.2) is 5.76 Å². The monoisotopic (exact) mass is 372 g/mol. The predicted molar refractivity (Wildman–Crippen MR) is 92.0 cm³/mol. The molecule has 0 saturated carbocycles. The number of hydrogen-bond acceptors (Lipinski definition) is 6. The Morgan fingerprint density at radius 3 is 3.08 bits per heavy atom. The molecule has 0 bridgehead atoms. The van der Waals surface area contributed by atoms with Crippen molar-refractivity contribution in [2.75, 3.05) is 5.32 Å². The van der Waals surface area contributed by atoms with Gasteiger partial charge in [0.2, 0.25) is 5.91 Å². The molecule has 132 valence electrons. The molecule has 1 N–H and O–H groups in total. The lowest BCUT2D eigenvalue weighted by molar-refractivity contribution is -0.148. The molecular formula is C18H13FN2O4S. The minimum Gasteiger partial charge on any atom is -0.459 e. The van der Waals surface area contributed by atoms with Crippen LogP contribution in [0.25, 0.3) is 10.6 Å². The van der Waals surface area contributed by atoms with Gasteiger partial charge < -0.3 is 14.6 Å². The summed E-state index contributed by atoms with van der Waals surface area (Å²) >= 11 is 1.51. The van der Waals surface area contributed by atoms with Crippen molar-refractivity contribution in [1.82, 2.24) is 5.16 Å². The highest BCUT2D eigenvalue weighted by molar-refractivity contribution is 7.13. The summed E-state index contributed by atoms with van der Waals surface area (Å²) in [5.74, 6) is -1.58. The smallest absolute Gasteiger partial charge is 0.314 e. The van der Waals surface area contributed by atoms with Crippen LogP contribution in [-0.2, 0) is 20.9 Å². The van der Waals surface area contributed by atoms with Crippen LogP contribution in [0.4, 0.5) is 10.1 Å². The van der Waals surface area contributed by atoms with Crippen LogP contribution < -0.4 is 5.32 Å². The summed E-state index contributed by atoms with van der Waals surface area (Å²) in [5, 5.41) is 8.37. The topological polar surface area (TPSA) is 81.4 Å². The predicted octanol–water partition coefficient (Wildman–Crippen LogP) is 3.71. The molecule has 26 heavy (non-hydrogen) atoms. The zero-order valence-corrected chi connectivity index (χ0v) is 14.2. The van der Waals surface area contributed by atoms with E-state index >= 15 is 0 Å². The quantitative estimate of drug-likeness (QED) is 0.706. The molecule has 6 nitrogen and oxygen atoms in total. The van der Waals surface area contributed by atoms with Crippen LogP contribution in [0.3, 0.4) is 0 Å². The fourth-order valence-corrected chi connectivity index (χ4v) is 3.48. The number of fused-ring (bicyclic) bond motifs is 1. The van der Waals surface area contributed by atoms with Gasteiger partial charge in [0.05, 0.1) is 10.8 Å². The fraction of sp³-hybridized carbons (Fsp3) is 0.167. The maximum absolute atomic E-state index is 13.4. The number of carbonyl (C=O) groups is 2. The van der Waals surface area contributed by atoms with E-state index in [0.717, 1.165) is 4.88 Å². The normalized spacial score (nSPS) is 16.0. The van der Waals surface area contributed by atoms with Crippen molar-refractivity contribution in [3.05, 3.63) is 58.9 Å². The third kappa shape index (κ3) is 3.23. The number of ether oxygens (including phenoxy) is 1. The molecule has 3 aromatic rings. The molecule has 1 aliphatic rings.